The second-order valence-corrected chi connectivity index (χ2v) is 5.04. The lowest BCUT2D eigenvalue weighted by atomic mass is 9.88. The minimum Gasteiger partial charge on any atom is -0.487 e. The highest BCUT2D eigenvalue weighted by Gasteiger charge is 2.19. The zero-order valence-corrected chi connectivity index (χ0v) is 11.2. The Morgan fingerprint density at radius 2 is 2.25 bits per heavy atom. The van der Waals surface area contributed by atoms with Crippen LogP contribution in [0.3, 0.4) is 0 Å². The topological polar surface area (TPSA) is 54.4 Å². The van der Waals surface area contributed by atoms with Crippen LogP contribution < -0.4 is 10.2 Å². The van der Waals surface area contributed by atoms with Gasteiger partial charge in [0, 0.05) is 6.20 Å². The third-order valence-corrected chi connectivity index (χ3v) is 3.70. The minimum atomic E-state index is 0.0450. The van der Waals surface area contributed by atoms with Crippen LogP contribution in [0.15, 0.2) is 42.6 Å². The van der Waals surface area contributed by atoms with Crippen LogP contribution in [0.25, 0.3) is 0 Å². The normalized spacial score (nSPS) is 17.6. The van der Waals surface area contributed by atoms with Gasteiger partial charge in [0.15, 0.2) is 0 Å². The van der Waals surface area contributed by atoms with Gasteiger partial charge in [0.1, 0.15) is 12.4 Å². The number of hydrogen-bond acceptors (Lipinski definition) is 4. The highest BCUT2D eigenvalue weighted by Crippen LogP contribution is 2.31. The molecule has 1 aliphatic carbocycles. The fraction of sp³-hybridized carbons (Fsp3) is 0.312. The molecule has 4 heteroatoms. The molecule has 2 N–H and O–H groups in total. The van der Waals surface area contributed by atoms with E-state index in [0.29, 0.717) is 6.61 Å². The summed E-state index contributed by atoms with van der Waals surface area (Å²) in [4.78, 5) is 4.24. The summed E-state index contributed by atoms with van der Waals surface area (Å²) in [6.45, 7) is 0.474. The van der Waals surface area contributed by atoms with Crippen LogP contribution in [0.2, 0.25) is 0 Å². The highest BCUT2D eigenvalue weighted by atomic mass is 16.5. The van der Waals surface area contributed by atoms with E-state index in [9.17, 15) is 0 Å². The first-order valence-corrected chi connectivity index (χ1v) is 6.92. The van der Waals surface area contributed by atoms with Crippen LogP contribution in [0, 0.1) is 0 Å². The molecule has 0 saturated carbocycles. The van der Waals surface area contributed by atoms with E-state index >= 15 is 0 Å². The van der Waals surface area contributed by atoms with Crippen molar-refractivity contribution in [3.05, 3.63) is 59.4 Å². The fourth-order valence-electron chi connectivity index (χ4n) is 2.66. The summed E-state index contributed by atoms with van der Waals surface area (Å²) < 4.78 is 5.78. The van der Waals surface area contributed by atoms with Crippen molar-refractivity contribution in [2.24, 2.45) is 0 Å². The minimum absolute atomic E-state index is 0.0450. The number of nitrogens with zero attached hydrogens (tertiary/aromatic N) is 1. The van der Waals surface area contributed by atoms with Gasteiger partial charge in [-0.1, -0.05) is 12.1 Å². The summed E-state index contributed by atoms with van der Waals surface area (Å²) in [6, 6.07) is 11.9. The molecule has 1 aliphatic rings. The summed E-state index contributed by atoms with van der Waals surface area (Å²) in [5.74, 6) is 0.855. The molecular weight excluding hydrogens is 252 g/mol. The highest BCUT2D eigenvalue weighted by molar-refractivity contribution is 5.39. The number of hydrogen-bond donors (Lipinski definition) is 2. The number of aromatic nitrogens is 1. The zero-order chi connectivity index (χ0) is 13.8. The van der Waals surface area contributed by atoms with E-state index in [1.807, 2.05) is 30.3 Å². The van der Waals surface area contributed by atoms with Gasteiger partial charge >= 0.3 is 0 Å². The molecule has 3 rings (SSSR count). The number of nitrogens with one attached hydrogen (secondary N) is 1. The Kier molecular flexibility index (Phi) is 3.95. The second kappa shape index (κ2) is 6.03. The van der Waals surface area contributed by atoms with Gasteiger partial charge in [-0.2, -0.15) is 5.48 Å². The van der Waals surface area contributed by atoms with Crippen LogP contribution in [-0.4, -0.2) is 10.2 Å². The van der Waals surface area contributed by atoms with Gasteiger partial charge in [0.25, 0.3) is 0 Å². The molecule has 4 nitrogen and oxygen atoms in total. The van der Waals surface area contributed by atoms with E-state index in [-0.39, 0.29) is 6.04 Å². The maximum atomic E-state index is 9.17. The first kappa shape index (κ1) is 13.1. The summed E-state index contributed by atoms with van der Waals surface area (Å²) in [6.07, 6.45) is 4.85. The largest absolute Gasteiger partial charge is 0.487 e. The first-order valence-electron chi connectivity index (χ1n) is 6.92. The third kappa shape index (κ3) is 2.81. The third-order valence-electron chi connectivity index (χ3n) is 3.70. The Labute approximate surface area is 118 Å². The van der Waals surface area contributed by atoms with Crippen molar-refractivity contribution in [3.8, 4) is 5.75 Å². The number of aryl methyl sites for hydroxylation is 1. The van der Waals surface area contributed by atoms with Crippen LogP contribution in [0.1, 0.15) is 35.7 Å². The summed E-state index contributed by atoms with van der Waals surface area (Å²) >= 11 is 0. The standard InChI is InChI=1S/C16H18N2O2/c19-18-16-6-3-4-12-10-14(7-8-15(12)16)20-11-13-5-1-2-9-17-13/h1-2,5,7-10,16,18-19H,3-4,6,11H2. The molecule has 20 heavy (non-hydrogen) atoms. The van der Waals surface area contributed by atoms with Gasteiger partial charge in [-0.25, -0.2) is 0 Å². The maximum absolute atomic E-state index is 9.17. The molecule has 0 amide bonds. The van der Waals surface area contributed by atoms with Gasteiger partial charge in [-0.15, -0.1) is 0 Å². The Hall–Kier alpha value is -1.91. The van der Waals surface area contributed by atoms with Crippen molar-refractivity contribution in [2.75, 3.05) is 0 Å². The second-order valence-electron chi connectivity index (χ2n) is 5.04. The molecule has 2 aromatic rings. The van der Waals surface area contributed by atoms with E-state index in [4.69, 9.17) is 9.94 Å². The van der Waals surface area contributed by atoms with Gasteiger partial charge in [0.05, 0.1) is 11.7 Å². The van der Waals surface area contributed by atoms with Crippen LogP contribution in [0.5, 0.6) is 5.75 Å². The number of fused-ring (bicyclic) bond motifs is 1. The van der Waals surface area contributed by atoms with Crippen molar-refractivity contribution < 1.29 is 9.94 Å². The van der Waals surface area contributed by atoms with Gasteiger partial charge in [-0.3, -0.25) is 4.98 Å². The molecule has 1 unspecified atom stereocenters. The van der Waals surface area contributed by atoms with E-state index in [0.717, 1.165) is 30.7 Å². The molecule has 0 spiro atoms. The Bertz CT molecular complexity index is 572. The maximum Gasteiger partial charge on any atom is 0.130 e. The van der Waals surface area contributed by atoms with Crippen LogP contribution >= 0.6 is 0 Å². The number of pyridine rings is 1. The predicted molar refractivity (Wildman–Crippen MR) is 75.6 cm³/mol. The van der Waals surface area contributed by atoms with Crippen molar-refractivity contribution in [3.63, 3.8) is 0 Å². The fourth-order valence-corrected chi connectivity index (χ4v) is 2.66. The first-order chi connectivity index (χ1) is 9.86. The summed E-state index contributed by atoms with van der Waals surface area (Å²) in [5, 5.41) is 9.17. The lowest BCUT2D eigenvalue weighted by Crippen LogP contribution is -2.22. The molecule has 0 saturated heterocycles. The monoisotopic (exact) mass is 270 g/mol. The van der Waals surface area contributed by atoms with Crippen molar-refractivity contribution in [1.29, 1.82) is 0 Å². The lowest BCUT2D eigenvalue weighted by Gasteiger charge is -2.24. The zero-order valence-electron chi connectivity index (χ0n) is 11.2. The molecule has 0 radical (unpaired) electrons. The van der Waals surface area contributed by atoms with Gasteiger partial charge in [-0.05, 0) is 54.7 Å². The summed E-state index contributed by atoms with van der Waals surface area (Å²) in [5.41, 5.74) is 5.72. The van der Waals surface area contributed by atoms with Crippen molar-refractivity contribution in [1.82, 2.24) is 10.5 Å². The number of hydroxylamine groups is 1. The quantitative estimate of drug-likeness (QED) is 0.839. The Morgan fingerprint density at radius 1 is 1.30 bits per heavy atom. The Morgan fingerprint density at radius 3 is 3.05 bits per heavy atom. The number of benzene rings is 1. The predicted octanol–water partition coefficient (Wildman–Crippen LogP) is 3.02. The van der Waals surface area contributed by atoms with Gasteiger partial charge in [0.2, 0.25) is 0 Å². The van der Waals surface area contributed by atoms with Crippen molar-refractivity contribution in [2.45, 2.75) is 31.9 Å². The van der Waals surface area contributed by atoms with E-state index in [2.05, 4.69) is 16.5 Å². The molecule has 1 aromatic carbocycles. The number of ether oxygens (including phenoxy) is 1. The molecule has 1 heterocycles. The summed E-state index contributed by atoms with van der Waals surface area (Å²) in [7, 11) is 0. The SMILES string of the molecule is ONC1CCCc2cc(OCc3ccccn3)ccc21. The molecule has 0 fully saturated rings. The lowest BCUT2D eigenvalue weighted by molar-refractivity contribution is 0.117. The molecule has 104 valence electrons. The molecule has 1 aromatic heterocycles. The van der Waals surface area contributed by atoms with Crippen molar-refractivity contribution >= 4 is 0 Å². The Balaban J connectivity index is 1.72. The van der Waals surface area contributed by atoms with E-state index in [1.165, 1.54) is 11.1 Å². The van der Waals surface area contributed by atoms with Crippen LogP contribution in [-0.2, 0) is 13.0 Å². The molecule has 1 atom stereocenters. The van der Waals surface area contributed by atoms with Gasteiger partial charge < -0.3 is 9.94 Å². The average Bonchev–Trinajstić information content (AvgIpc) is 2.53. The molecule has 0 aliphatic heterocycles. The van der Waals surface area contributed by atoms with Crippen LogP contribution in [0.4, 0.5) is 0 Å². The molecule has 0 bridgehead atoms. The van der Waals surface area contributed by atoms with E-state index in [1.54, 1.807) is 6.20 Å². The molecular formula is C16H18N2O2. The number of rotatable bonds is 4. The van der Waals surface area contributed by atoms with E-state index < -0.39 is 0 Å². The average molecular weight is 270 g/mol. The smallest absolute Gasteiger partial charge is 0.130 e.